The van der Waals surface area contributed by atoms with Crippen molar-refractivity contribution in [1.82, 2.24) is 0 Å². The van der Waals surface area contributed by atoms with E-state index in [1.807, 2.05) is 13.8 Å². The van der Waals surface area contributed by atoms with Gasteiger partial charge in [-0.05, 0) is 102 Å². The number of Topliss-reactive ketones (excluding diaryl/α,β-unsaturated/α-hetero) is 1. The smallest absolute Gasteiger partial charge is 0.306 e. The molecular formula is C41H66O7Si. The van der Waals surface area contributed by atoms with Gasteiger partial charge in [-0.2, -0.15) is 0 Å². The molecule has 8 heteroatoms. The Bertz CT molecular complexity index is 1380. The number of ether oxygens (including phenoxy) is 2. The highest BCUT2D eigenvalue weighted by Crippen LogP contribution is 2.87. The van der Waals surface area contributed by atoms with Gasteiger partial charge >= 0.3 is 11.9 Å². The molecule has 0 aromatic carbocycles. The van der Waals surface area contributed by atoms with Crippen LogP contribution >= 0.6 is 0 Å². The first-order valence-corrected chi connectivity index (χ1v) is 22.1. The van der Waals surface area contributed by atoms with Crippen LogP contribution in [0.1, 0.15) is 114 Å². The van der Waals surface area contributed by atoms with Gasteiger partial charge in [-0.1, -0.05) is 81.0 Å². The number of allylic oxidation sites excluding steroid dienone is 1. The van der Waals surface area contributed by atoms with Crippen LogP contribution in [-0.4, -0.2) is 56.1 Å². The Hall–Kier alpha value is -1.77. The number of fused-ring (bicyclic) bond motifs is 2. The second-order valence-electron chi connectivity index (χ2n) is 19.0. The molecule has 0 radical (unpaired) electrons. The van der Waals surface area contributed by atoms with Crippen molar-refractivity contribution in [2.75, 3.05) is 6.61 Å². The van der Waals surface area contributed by atoms with Crippen LogP contribution in [0, 0.1) is 57.2 Å². The number of carbonyl (C=O) groups excluding carboxylic acids is 3. The van der Waals surface area contributed by atoms with Crippen LogP contribution in [0.25, 0.3) is 0 Å². The largest absolute Gasteiger partial charge is 0.462 e. The Morgan fingerprint density at radius 2 is 1.73 bits per heavy atom. The van der Waals surface area contributed by atoms with E-state index in [0.717, 1.165) is 38.5 Å². The Balaban J connectivity index is 1.47. The lowest BCUT2D eigenvalue weighted by Gasteiger charge is -2.61. The Morgan fingerprint density at radius 1 is 1.08 bits per heavy atom. The molecule has 0 saturated heterocycles. The third kappa shape index (κ3) is 5.86. The number of esters is 2. The molecule has 7 nitrogen and oxygen atoms in total. The summed E-state index contributed by atoms with van der Waals surface area (Å²) >= 11 is 0. The fraction of sp³-hybridized carbons (Fsp3) is 0.829. The molecule has 4 saturated carbocycles. The van der Waals surface area contributed by atoms with Crippen LogP contribution in [0.3, 0.4) is 0 Å². The van der Waals surface area contributed by atoms with Crippen molar-refractivity contribution in [1.29, 1.82) is 0 Å². The fourth-order valence-corrected chi connectivity index (χ4v) is 12.8. The van der Waals surface area contributed by atoms with Crippen LogP contribution in [-0.2, 0) is 28.3 Å². The molecule has 13 atom stereocenters. The number of aliphatic hydroxyl groups excluding tert-OH is 1. The van der Waals surface area contributed by atoms with Crippen LogP contribution in [0.15, 0.2) is 24.3 Å². The monoisotopic (exact) mass is 698 g/mol. The van der Waals surface area contributed by atoms with E-state index in [2.05, 4.69) is 73.4 Å². The molecule has 49 heavy (non-hydrogen) atoms. The zero-order valence-electron chi connectivity index (χ0n) is 32.6. The van der Waals surface area contributed by atoms with Gasteiger partial charge in [-0.15, -0.1) is 0 Å². The van der Waals surface area contributed by atoms with Gasteiger partial charge in [-0.25, -0.2) is 0 Å². The zero-order valence-corrected chi connectivity index (χ0v) is 33.6. The molecule has 4 fully saturated rings. The summed E-state index contributed by atoms with van der Waals surface area (Å²) in [5, 5.41) is 10.8. The van der Waals surface area contributed by atoms with E-state index in [9.17, 15) is 19.5 Å². The third-order valence-electron chi connectivity index (χ3n) is 15.8. The lowest BCUT2D eigenvalue weighted by molar-refractivity contribution is -0.167. The minimum atomic E-state index is -2.05. The Labute approximate surface area is 297 Å². The number of aliphatic hydroxyl groups is 1. The number of ketones is 1. The van der Waals surface area contributed by atoms with E-state index in [1.165, 1.54) is 6.92 Å². The summed E-state index contributed by atoms with van der Waals surface area (Å²) in [7, 11) is -2.05. The maximum atomic E-state index is 14.5. The molecular weight excluding hydrogens is 633 g/mol. The van der Waals surface area contributed by atoms with Gasteiger partial charge in [0, 0.05) is 37.7 Å². The molecule has 0 aromatic rings. The lowest BCUT2D eigenvalue weighted by Crippen LogP contribution is -2.56. The molecule has 2 spiro atoms. The minimum absolute atomic E-state index is 0.0345. The van der Waals surface area contributed by atoms with Gasteiger partial charge in [-0.3, -0.25) is 14.4 Å². The van der Waals surface area contributed by atoms with Crippen molar-refractivity contribution >= 4 is 26.0 Å². The van der Waals surface area contributed by atoms with Crippen molar-refractivity contribution in [2.24, 2.45) is 57.2 Å². The standard InChI is InChI=1S/C41H66O7Si/c1-14-33(44)48-36(35(45)25(3)24(2)22-46-49(12,13)37(7,8)9)27(5)34-31(47-28(6)42)21-39(11)32-16-15-29-26(4)30(43)17-18-40(29)23-41(32,40)20-19-38(34,39)10/h17-18,24,26-27,29-32,34,36,43H,3,14-16,19-23H2,1-2,4-13H3/t24-,26-,27-,29-,30-,31-,32-,34-,36+,38+,39-,40+,41-/m0/s1. The van der Waals surface area contributed by atoms with Gasteiger partial charge in [0.05, 0.1) is 6.10 Å². The summed E-state index contributed by atoms with van der Waals surface area (Å²) in [6.07, 6.45) is 8.89. The highest BCUT2D eigenvalue weighted by molar-refractivity contribution is 6.74. The minimum Gasteiger partial charge on any atom is -0.462 e. The molecule has 0 unspecified atom stereocenters. The quantitative estimate of drug-likeness (QED) is 0.100. The molecule has 0 amide bonds. The lowest BCUT2D eigenvalue weighted by atomic mass is 9.43. The first kappa shape index (κ1) is 38.5. The summed E-state index contributed by atoms with van der Waals surface area (Å²) in [5.74, 6) is -0.640. The molecule has 276 valence electrons. The summed E-state index contributed by atoms with van der Waals surface area (Å²) in [4.78, 5) is 40.2. The zero-order chi connectivity index (χ0) is 36.7. The molecule has 5 aliphatic carbocycles. The number of carbonyl (C=O) groups is 3. The summed E-state index contributed by atoms with van der Waals surface area (Å²) in [6, 6.07) is 0. The summed E-state index contributed by atoms with van der Waals surface area (Å²) in [5.41, 5.74) is 0.338. The third-order valence-corrected chi connectivity index (χ3v) is 20.3. The maximum Gasteiger partial charge on any atom is 0.306 e. The van der Waals surface area contributed by atoms with Crippen LogP contribution in [0.5, 0.6) is 0 Å². The molecule has 5 rings (SSSR count). The summed E-state index contributed by atoms with van der Waals surface area (Å²) < 4.78 is 18.8. The maximum absolute atomic E-state index is 14.5. The van der Waals surface area contributed by atoms with Crippen LogP contribution < -0.4 is 0 Å². The van der Waals surface area contributed by atoms with Crippen molar-refractivity contribution in [3.63, 3.8) is 0 Å². The van der Waals surface area contributed by atoms with Gasteiger partial charge in [0.15, 0.2) is 20.2 Å². The van der Waals surface area contributed by atoms with Crippen molar-refractivity contribution in [3.8, 4) is 0 Å². The average molecular weight is 699 g/mol. The number of hydrogen-bond acceptors (Lipinski definition) is 7. The highest BCUT2D eigenvalue weighted by Gasteiger charge is 2.81. The van der Waals surface area contributed by atoms with Crippen molar-refractivity contribution < 1.29 is 33.4 Å². The fourth-order valence-electron chi connectivity index (χ4n) is 11.7. The Morgan fingerprint density at radius 3 is 2.33 bits per heavy atom. The molecule has 0 heterocycles. The van der Waals surface area contributed by atoms with Crippen LogP contribution in [0.4, 0.5) is 0 Å². The normalized spacial score (nSPS) is 41.2. The number of hydrogen-bond donors (Lipinski definition) is 1. The highest BCUT2D eigenvalue weighted by atomic mass is 28.4. The van der Waals surface area contributed by atoms with E-state index in [0.29, 0.717) is 24.0 Å². The van der Waals surface area contributed by atoms with Gasteiger partial charge in [0.25, 0.3) is 0 Å². The first-order valence-electron chi connectivity index (χ1n) is 19.1. The number of rotatable bonds is 11. The predicted octanol–water partition coefficient (Wildman–Crippen LogP) is 8.46. The van der Waals surface area contributed by atoms with E-state index >= 15 is 0 Å². The molecule has 0 bridgehead atoms. The Kier molecular flexibility index (Phi) is 9.98. The molecule has 1 N–H and O–H groups in total. The predicted molar refractivity (Wildman–Crippen MR) is 195 cm³/mol. The first-order chi connectivity index (χ1) is 22.5. The molecule has 5 aliphatic rings. The second kappa shape index (κ2) is 12.7. The van der Waals surface area contributed by atoms with E-state index in [-0.39, 0.29) is 68.7 Å². The van der Waals surface area contributed by atoms with Crippen molar-refractivity contribution in [3.05, 3.63) is 24.3 Å². The van der Waals surface area contributed by atoms with E-state index in [4.69, 9.17) is 13.9 Å². The molecule has 0 aliphatic heterocycles. The van der Waals surface area contributed by atoms with E-state index in [1.54, 1.807) is 6.92 Å². The summed E-state index contributed by atoms with van der Waals surface area (Å²) in [6.45, 7) is 29.8. The molecule has 0 aromatic heterocycles. The van der Waals surface area contributed by atoms with Gasteiger partial charge in [0.1, 0.15) is 6.10 Å². The topological polar surface area (TPSA) is 99.1 Å². The second-order valence-corrected chi connectivity index (χ2v) is 23.8. The van der Waals surface area contributed by atoms with Gasteiger partial charge in [0.2, 0.25) is 0 Å². The van der Waals surface area contributed by atoms with Gasteiger partial charge < -0.3 is 19.0 Å². The average Bonchev–Trinajstić information content (AvgIpc) is 3.62. The van der Waals surface area contributed by atoms with Crippen molar-refractivity contribution in [2.45, 2.75) is 151 Å². The van der Waals surface area contributed by atoms with E-state index < -0.39 is 32.4 Å². The SMILES string of the molecule is C=C(C(=O)[C@H](OC(=O)CC)[C@@H](C)[C@H]1[C@@H](OC(C)=O)C[C@@]2(C)[C@@H]3CC[C@H]4[C@H](C)[C@@H](O)C=C[C@@]45C[C@@]35CC[C@]12C)[C@@H](C)CO[Si](C)(C)C(C)(C)C. The van der Waals surface area contributed by atoms with Crippen LogP contribution in [0.2, 0.25) is 18.1 Å².